The van der Waals surface area contributed by atoms with Crippen LogP contribution in [0.1, 0.15) is 19.5 Å². The predicted molar refractivity (Wildman–Crippen MR) is 82.8 cm³/mol. The highest BCUT2D eigenvalue weighted by molar-refractivity contribution is 7.13. The van der Waals surface area contributed by atoms with Crippen molar-refractivity contribution < 1.29 is 4.74 Å². The van der Waals surface area contributed by atoms with E-state index in [0.717, 1.165) is 30.3 Å². The zero-order chi connectivity index (χ0) is 13.9. The van der Waals surface area contributed by atoms with E-state index in [1.54, 1.807) is 11.3 Å². The molecular formula is C16H20N2OS. The summed E-state index contributed by atoms with van der Waals surface area (Å²) in [5.41, 5.74) is 2.36. The Morgan fingerprint density at radius 1 is 1.20 bits per heavy atom. The summed E-state index contributed by atoms with van der Waals surface area (Å²) in [4.78, 5) is 7.19. The summed E-state index contributed by atoms with van der Waals surface area (Å²) in [6.07, 6.45) is 0.622. The number of rotatable bonds is 3. The van der Waals surface area contributed by atoms with Crippen molar-refractivity contribution in [2.45, 2.75) is 32.6 Å². The van der Waals surface area contributed by atoms with Crippen LogP contribution in [0.15, 0.2) is 35.7 Å². The summed E-state index contributed by atoms with van der Waals surface area (Å²) < 4.78 is 5.77. The van der Waals surface area contributed by atoms with Gasteiger partial charge in [0.1, 0.15) is 5.01 Å². The highest BCUT2D eigenvalue weighted by Crippen LogP contribution is 2.24. The van der Waals surface area contributed by atoms with E-state index in [-0.39, 0.29) is 0 Å². The molecule has 20 heavy (non-hydrogen) atoms. The Balaban J connectivity index is 1.68. The summed E-state index contributed by atoms with van der Waals surface area (Å²) in [6.45, 7) is 7.17. The fraction of sp³-hybridized carbons (Fsp3) is 0.438. The first-order valence-electron chi connectivity index (χ1n) is 7.08. The van der Waals surface area contributed by atoms with Gasteiger partial charge < -0.3 is 4.74 Å². The third-order valence-corrected chi connectivity index (χ3v) is 4.39. The molecule has 0 aliphatic carbocycles. The zero-order valence-electron chi connectivity index (χ0n) is 12.0. The van der Waals surface area contributed by atoms with Gasteiger partial charge in [0.15, 0.2) is 0 Å². The number of nitrogens with zero attached hydrogens (tertiary/aromatic N) is 2. The molecule has 0 saturated carbocycles. The van der Waals surface area contributed by atoms with Crippen LogP contribution in [0.5, 0.6) is 0 Å². The van der Waals surface area contributed by atoms with E-state index in [2.05, 4.69) is 48.4 Å². The van der Waals surface area contributed by atoms with Crippen LogP contribution in [0.2, 0.25) is 0 Å². The molecule has 1 aromatic heterocycles. The molecule has 0 bridgehead atoms. The van der Waals surface area contributed by atoms with Crippen LogP contribution in [0.3, 0.4) is 0 Å². The molecule has 0 radical (unpaired) electrons. The lowest BCUT2D eigenvalue weighted by Crippen LogP contribution is -2.44. The molecule has 0 spiro atoms. The maximum atomic E-state index is 5.77. The highest BCUT2D eigenvalue weighted by Gasteiger charge is 2.22. The van der Waals surface area contributed by atoms with Crippen molar-refractivity contribution in [2.75, 3.05) is 13.1 Å². The molecule has 2 aromatic rings. The predicted octanol–water partition coefficient (Wildman–Crippen LogP) is 3.42. The Morgan fingerprint density at radius 3 is 2.60 bits per heavy atom. The second-order valence-electron chi connectivity index (χ2n) is 5.46. The van der Waals surface area contributed by atoms with Crippen LogP contribution in [-0.4, -0.2) is 35.2 Å². The number of ether oxygens (including phenoxy) is 1. The van der Waals surface area contributed by atoms with Crippen molar-refractivity contribution in [3.05, 3.63) is 41.4 Å². The van der Waals surface area contributed by atoms with Crippen molar-refractivity contribution in [1.82, 2.24) is 9.88 Å². The summed E-state index contributed by atoms with van der Waals surface area (Å²) in [7, 11) is 0. The SMILES string of the molecule is C[C@@H]1CN(Cc2csc(-c3ccccc3)n2)C[C@H](C)O1. The van der Waals surface area contributed by atoms with Gasteiger partial charge in [0.25, 0.3) is 0 Å². The van der Waals surface area contributed by atoms with Crippen molar-refractivity contribution in [2.24, 2.45) is 0 Å². The molecule has 2 heterocycles. The van der Waals surface area contributed by atoms with Crippen LogP contribution in [0, 0.1) is 0 Å². The summed E-state index contributed by atoms with van der Waals surface area (Å²) >= 11 is 1.72. The minimum Gasteiger partial charge on any atom is -0.373 e. The topological polar surface area (TPSA) is 25.4 Å². The van der Waals surface area contributed by atoms with E-state index in [9.17, 15) is 0 Å². The molecule has 3 nitrogen and oxygen atoms in total. The minimum atomic E-state index is 0.311. The van der Waals surface area contributed by atoms with Crippen LogP contribution >= 0.6 is 11.3 Å². The average molecular weight is 288 g/mol. The molecule has 4 heteroatoms. The van der Waals surface area contributed by atoms with E-state index in [4.69, 9.17) is 9.72 Å². The lowest BCUT2D eigenvalue weighted by Gasteiger charge is -2.34. The number of thiazole rings is 1. The second kappa shape index (κ2) is 6.04. The molecule has 1 fully saturated rings. The smallest absolute Gasteiger partial charge is 0.123 e. The van der Waals surface area contributed by atoms with Crippen molar-refractivity contribution in [3.8, 4) is 10.6 Å². The van der Waals surface area contributed by atoms with E-state index in [1.807, 2.05) is 6.07 Å². The first kappa shape index (κ1) is 13.7. The number of aromatic nitrogens is 1. The molecule has 0 N–H and O–H groups in total. The van der Waals surface area contributed by atoms with Gasteiger partial charge in [0.2, 0.25) is 0 Å². The fourth-order valence-electron chi connectivity index (χ4n) is 2.74. The quantitative estimate of drug-likeness (QED) is 0.865. The van der Waals surface area contributed by atoms with Crippen LogP contribution in [-0.2, 0) is 11.3 Å². The zero-order valence-corrected chi connectivity index (χ0v) is 12.8. The average Bonchev–Trinajstić information content (AvgIpc) is 2.87. The normalized spacial score (nSPS) is 23.9. The molecule has 1 saturated heterocycles. The second-order valence-corrected chi connectivity index (χ2v) is 6.32. The number of hydrogen-bond acceptors (Lipinski definition) is 4. The molecule has 0 unspecified atom stereocenters. The Bertz CT molecular complexity index is 545. The van der Waals surface area contributed by atoms with Crippen LogP contribution < -0.4 is 0 Å². The first-order valence-corrected chi connectivity index (χ1v) is 7.96. The molecule has 3 rings (SSSR count). The Kier molecular flexibility index (Phi) is 4.15. The van der Waals surface area contributed by atoms with Gasteiger partial charge >= 0.3 is 0 Å². The Hall–Kier alpha value is -1.23. The Morgan fingerprint density at radius 2 is 1.90 bits per heavy atom. The van der Waals surface area contributed by atoms with E-state index in [1.165, 1.54) is 5.56 Å². The summed E-state index contributed by atoms with van der Waals surface area (Å²) in [5, 5.41) is 3.28. The highest BCUT2D eigenvalue weighted by atomic mass is 32.1. The minimum absolute atomic E-state index is 0.311. The lowest BCUT2D eigenvalue weighted by atomic mass is 10.2. The maximum absolute atomic E-state index is 5.77. The van der Waals surface area contributed by atoms with Gasteiger partial charge in [-0.05, 0) is 13.8 Å². The molecular weight excluding hydrogens is 268 g/mol. The maximum Gasteiger partial charge on any atom is 0.123 e. The van der Waals surface area contributed by atoms with Gasteiger partial charge in [0.05, 0.1) is 17.9 Å². The largest absolute Gasteiger partial charge is 0.373 e. The molecule has 1 aliphatic rings. The summed E-state index contributed by atoms with van der Waals surface area (Å²) in [5.74, 6) is 0. The van der Waals surface area contributed by atoms with Crippen molar-refractivity contribution in [3.63, 3.8) is 0 Å². The standard InChI is InChI=1S/C16H20N2OS/c1-12-8-18(9-13(2)19-12)10-15-11-20-16(17-15)14-6-4-3-5-7-14/h3-7,11-13H,8-10H2,1-2H3/t12-,13+. The van der Waals surface area contributed by atoms with E-state index < -0.39 is 0 Å². The molecule has 106 valence electrons. The van der Waals surface area contributed by atoms with E-state index in [0.29, 0.717) is 12.2 Å². The van der Waals surface area contributed by atoms with Crippen molar-refractivity contribution in [1.29, 1.82) is 0 Å². The first-order chi connectivity index (χ1) is 9.70. The van der Waals surface area contributed by atoms with Crippen LogP contribution in [0.25, 0.3) is 10.6 Å². The lowest BCUT2D eigenvalue weighted by molar-refractivity contribution is -0.0707. The van der Waals surface area contributed by atoms with Gasteiger partial charge in [0, 0.05) is 30.6 Å². The van der Waals surface area contributed by atoms with Gasteiger partial charge in [-0.25, -0.2) is 4.98 Å². The van der Waals surface area contributed by atoms with Gasteiger partial charge in [-0.3, -0.25) is 4.90 Å². The molecule has 1 aromatic carbocycles. The molecule has 2 atom stereocenters. The number of morpholine rings is 1. The van der Waals surface area contributed by atoms with Gasteiger partial charge in [-0.2, -0.15) is 0 Å². The third kappa shape index (κ3) is 3.26. The monoisotopic (exact) mass is 288 g/mol. The number of hydrogen-bond donors (Lipinski definition) is 0. The Labute approximate surface area is 124 Å². The molecule has 1 aliphatic heterocycles. The van der Waals surface area contributed by atoms with Gasteiger partial charge in [-0.15, -0.1) is 11.3 Å². The fourth-order valence-corrected chi connectivity index (χ4v) is 3.55. The number of benzene rings is 1. The van der Waals surface area contributed by atoms with Crippen molar-refractivity contribution >= 4 is 11.3 Å². The van der Waals surface area contributed by atoms with Gasteiger partial charge in [-0.1, -0.05) is 30.3 Å². The third-order valence-electron chi connectivity index (χ3n) is 3.45. The molecule has 0 amide bonds. The van der Waals surface area contributed by atoms with E-state index >= 15 is 0 Å². The van der Waals surface area contributed by atoms with Crippen LogP contribution in [0.4, 0.5) is 0 Å². The summed E-state index contributed by atoms with van der Waals surface area (Å²) in [6, 6.07) is 10.4.